The number of hydrogen-bond donors (Lipinski definition) is 1. The van der Waals surface area contributed by atoms with Gasteiger partial charge in [0.25, 0.3) is 0 Å². The van der Waals surface area contributed by atoms with E-state index >= 15 is 0 Å². The predicted molar refractivity (Wildman–Crippen MR) is 91.9 cm³/mol. The van der Waals surface area contributed by atoms with Gasteiger partial charge in [-0.3, -0.25) is 4.79 Å². The first-order chi connectivity index (χ1) is 11.6. The Morgan fingerprint density at radius 2 is 1.75 bits per heavy atom. The lowest BCUT2D eigenvalue weighted by Gasteiger charge is -2.05. The van der Waals surface area contributed by atoms with Crippen LogP contribution in [0.4, 0.5) is 5.69 Å². The fraction of sp³-hybridized carbons (Fsp3) is 0.158. The summed E-state index contributed by atoms with van der Waals surface area (Å²) in [6.45, 7) is 3.53. The Kier molecular flexibility index (Phi) is 4.33. The fourth-order valence-corrected chi connectivity index (χ4v) is 2.48. The number of furan rings is 1. The molecule has 0 unspecified atom stereocenters. The molecular weight excluding hydrogens is 306 g/mol. The van der Waals surface area contributed by atoms with Gasteiger partial charge < -0.3 is 14.5 Å². The molecule has 0 saturated heterocycles. The molecule has 1 amide bonds. The SMILES string of the molecule is CCOC(=O)c1cc2cc(-c3ccc(NC(C)=O)cc3)ccc2o1. The Hall–Kier alpha value is -3.08. The number of fused-ring (bicyclic) bond motifs is 1. The minimum absolute atomic E-state index is 0.103. The maximum atomic E-state index is 11.7. The van der Waals surface area contributed by atoms with Crippen LogP contribution in [0.5, 0.6) is 0 Å². The summed E-state index contributed by atoms with van der Waals surface area (Å²) in [5.41, 5.74) is 3.38. The monoisotopic (exact) mass is 323 g/mol. The first kappa shape index (κ1) is 15.8. The highest BCUT2D eigenvalue weighted by atomic mass is 16.5. The van der Waals surface area contributed by atoms with Crippen molar-refractivity contribution in [1.29, 1.82) is 0 Å². The van der Waals surface area contributed by atoms with Crippen molar-refractivity contribution in [3.63, 3.8) is 0 Å². The zero-order valence-corrected chi connectivity index (χ0v) is 13.5. The zero-order valence-electron chi connectivity index (χ0n) is 13.5. The molecule has 1 aromatic heterocycles. The van der Waals surface area contributed by atoms with E-state index in [0.29, 0.717) is 12.2 Å². The zero-order chi connectivity index (χ0) is 17.1. The Labute approximate surface area is 139 Å². The van der Waals surface area contributed by atoms with E-state index in [4.69, 9.17) is 9.15 Å². The molecule has 0 saturated carbocycles. The molecule has 5 nitrogen and oxygen atoms in total. The number of hydrogen-bond acceptors (Lipinski definition) is 4. The molecule has 0 aliphatic carbocycles. The smallest absolute Gasteiger partial charge is 0.374 e. The second-order valence-electron chi connectivity index (χ2n) is 5.34. The summed E-state index contributed by atoms with van der Waals surface area (Å²) in [6.07, 6.45) is 0. The number of carbonyl (C=O) groups excluding carboxylic acids is 2. The van der Waals surface area contributed by atoms with Crippen LogP contribution >= 0.6 is 0 Å². The van der Waals surface area contributed by atoms with E-state index in [0.717, 1.165) is 22.2 Å². The van der Waals surface area contributed by atoms with E-state index in [-0.39, 0.29) is 11.7 Å². The summed E-state index contributed by atoms with van der Waals surface area (Å²) in [5.74, 6) is -0.367. The van der Waals surface area contributed by atoms with Gasteiger partial charge in [0.05, 0.1) is 6.61 Å². The molecule has 0 atom stereocenters. The number of esters is 1. The minimum atomic E-state index is -0.463. The minimum Gasteiger partial charge on any atom is -0.460 e. The van der Waals surface area contributed by atoms with Gasteiger partial charge in [0.1, 0.15) is 5.58 Å². The van der Waals surface area contributed by atoms with Gasteiger partial charge in [-0.05, 0) is 48.4 Å². The lowest BCUT2D eigenvalue weighted by atomic mass is 10.0. The molecule has 0 spiro atoms. The summed E-state index contributed by atoms with van der Waals surface area (Å²) >= 11 is 0. The highest BCUT2D eigenvalue weighted by Gasteiger charge is 2.13. The maximum Gasteiger partial charge on any atom is 0.374 e. The highest BCUT2D eigenvalue weighted by Crippen LogP contribution is 2.28. The number of carbonyl (C=O) groups is 2. The first-order valence-electron chi connectivity index (χ1n) is 7.65. The molecule has 24 heavy (non-hydrogen) atoms. The van der Waals surface area contributed by atoms with Crippen molar-refractivity contribution in [3.05, 3.63) is 54.3 Å². The Balaban J connectivity index is 1.90. The summed E-state index contributed by atoms with van der Waals surface area (Å²) in [5, 5.41) is 3.57. The average molecular weight is 323 g/mol. The fourth-order valence-electron chi connectivity index (χ4n) is 2.48. The molecule has 2 aromatic carbocycles. The molecule has 1 N–H and O–H groups in total. The molecule has 0 bridgehead atoms. The lowest BCUT2D eigenvalue weighted by Crippen LogP contribution is -2.05. The molecular formula is C19H17NO4. The van der Waals surface area contributed by atoms with Gasteiger partial charge in [0.2, 0.25) is 11.7 Å². The van der Waals surface area contributed by atoms with Gasteiger partial charge in [-0.15, -0.1) is 0 Å². The van der Waals surface area contributed by atoms with Gasteiger partial charge in [0, 0.05) is 18.0 Å². The van der Waals surface area contributed by atoms with Crippen molar-refractivity contribution in [2.24, 2.45) is 0 Å². The van der Waals surface area contributed by atoms with Gasteiger partial charge in [0.15, 0.2) is 0 Å². The largest absolute Gasteiger partial charge is 0.460 e. The molecule has 3 aromatic rings. The van der Waals surface area contributed by atoms with Gasteiger partial charge in [-0.1, -0.05) is 18.2 Å². The summed E-state index contributed by atoms with van der Waals surface area (Å²) in [7, 11) is 0. The van der Waals surface area contributed by atoms with Gasteiger partial charge in [-0.25, -0.2) is 4.79 Å². The first-order valence-corrected chi connectivity index (χ1v) is 7.65. The van der Waals surface area contributed by atoms with Crippen LogP contribution < -0.4 is 5.32 Å². The molecule has 5 heteroatoms. The lowest BCUT2D eigenvalue weighted by molar-refractivity contribution is -0.114. The number of anilines is 1. The normalized spacial score (nSPS) is 10.6. The van der Waals surface area contributed by atoms with Crippen LogP contribution in [0.15, 0.2) is 52.9 Å². The topological polar surface area (TPSA) is 68.5 Å². The molecule has 3 rings (SSSR count). The van der Waals surface area contributed by atoms with Gasteiger partial charge >= 0.3 is 5.97 Å². The van der Waals surface area contributed by atoms with E-state index in [1.807, 2.05) is 42.5 Å². The van der Waals surface area contributed by atoms with E-state index < -0.39 is 5.97 Å². The second-order valence-corrected chi connectivity index (χ2v) is 5.34. The molecule has 0 aliphatic rings. The van der Waals surface area contributed by atoms with E-state index in [1.165, 1.54) is 6.92 Å². The van der Waals surface area contributed by atoms with Crippen LogP contribution in [0.3, 0.4) is 0 Å². The average Bonchev–Trinajstić information content (AvgIpc) is 2.98. The standard InChI is InChI=1S/C19H17NO4/c1-3-23-19(22)18-11-15-10-14(6-9-17(15)24-18)13-4-7-16(8-5-13)20-12(2)21/h4-11H,3H2,1-2H3,(H,20,21). The number of amides is 1. The van der Waals surface area contributed by atoms with Crippen LogP contribution in [-0.4, -0.2) is 18.5 Å². The molecule has 122 valence electrons. The van der Waals surface area contributed by atoms with Crippen LogP contribution in [0.25, 0.3) is 22.1 Å². The summed E-state index contributed by atoms with van der Waals surface area (Å²) < 4.78 is 10.5. The van der Waals surface area contributed by atoms with E-state index in [9.17, 15) is 9.59 Å². The van der Waals surface area contributed by atoms with Crippen LogP contribution in [-0.2, 0) is 9.53 Å². The molecule has 0 aliphatic heterocycles. The maximum absolute atomic E-state index is 11.7. The molecule has 0 radical (unpaired) electrons. The third-order valence-corrected chi connectivity index (χ3v) is 3.53. The van der Waals surface area contributed by atoms with Crippen molar-refractivity contribution in [2.45, 2.75) is 13.8 Å². The summed E-state index contributed by atoms with van der Waals surface area (Å²) in [4.78, 5) is 22.8. The Morgan fingerprint density at radius 1 is 1.04 bits per heavy atom. The van der Waals surface area contributed by atoms with E-state index in [1.54, 1.807) is 13.0 Å². The van der Waals surface area contributed by atoms with Crippen molar-refractivity contribution < 1.29 is 18.7 Å². The van der Waals surface area contributed by atoms with Gasteiger partial charge in [-0.2, -0.15) is 0 Å². The van der Waals surface area contributed by atoms with E-state index in [2.05, 4.69) is 5.32 Å². The Bertz CT molecular complexity index is 893. The Morgan fingerprint density at radius 3 is 2.42 bits per heavy atom. The van der Waals surface area contributed by atoms with Crippen LogP contribution in [0.1, 0.15) is 24.4 Å². The third-order valence-electron chi connectivity index (χ3n) is 3.53. The van der Waals surface area contributed by atoms with Crippen LogP contribution in [0.2, 0.25) is 0 Å². The van der Waals surface area contributed by atoms with Crippen molar-refractivity contribution >= 4 is 28.5 Å². The third kappa shape index (κ3) is 3.30. The quantitative estimate of drug-likeness (QED) is 0.729. The molecule has 0 fully saturated rings. The number of nitrogens with one attached hydrogen (secondary N) is 1. The number of rotatable bonds is 4. The molecule has 1 heterocycles. The van der Waals surface area contributed by atoms with Crippen molar-refractivity contribution in [3.8, 4) is 11.1 Å². The van der Waals surface area contributed by atoms with Crippen molar-refractivity contribution in [2.75, 3.05) is 11.9 Å². The second kappa shape index (κ2) is 6.58. The summed E-state index contributed by atoms with van der Waals surface area (Å²) in [6, 6.07) is 14.9. The number of benzene rings is 2. The van der Waals surface area contributed by atoms with Crippen molar-refractivity contribution in [1.82, 2.24) is 0 Å². The highest BCUT2D eigenvalue weighted by molar-refractivity contribution is 5.94. The predicted octanol–water partition coefficient (Wildman–Crippen LogP) is 4.23. The number of ether oxygens (including phenoxy) is 1. The van der Waals surface area contributed by atoms with Crippen LogP contribution in [0, 0.1) is 0 Å².